The van der Waals surface area contributed by atoms with Crippen molar-refractivity contribution in [3.05, 3.63) is 33.3 Å². The first-order chi connectivity index (χ1) is 8.63. The van der Waals surface area contributed by atoms with Crippen LogP contribution in [0.5, 0.6) is 0 Å². The molecule has 0 aromatic heterocycles. The molecule has 3 heteroatoms. The normalized spacial score (nSPS) is 31.8. The molecule has 0 amide bonds. The Morgan fingerprint density at radius 2 is 2.17 bits per heavy atom. The average Bonchev–Trinajstić information content (AvgIpc) is 2.94. The van der Waals surface area contributed by atoms with Crippen molar-refractivity contribution < 1.29 is 0 Å². The lowest BCUT2D eigenvalue weighted by molar-refractivity contribution is 0.296. The zero-order chi connectivity index (χ0) is 12.7. The van der Waals surface area contributed by atoms with E-state index in [9.17, 15) is 0 Å². The summed E-state index contributed by atoms with van der Waals surface area (Å²) in [6, 6.07) is 6.05. The van der Waals surface area contributed by atoms with E-state index in [2.05, 4.69) is 22.0 Å². The summed E-state index contributed by atoms with van der Waals surface area (Å²) in [6.45, 7) is 0. The summed E-state index contributed by atoms with van der Waals surface area (Å²) >= 11 is 9.75. The SMILES string of the molecule is NC(CC1CC2CCC1C2)c1cc(Br)ccc1Cl. The van der Waals surface area contributed by atoms with Gasteiger partial charge in [0.2, 0.25) is 0 Å². The predicted octanol–water partition coefficient (Wildman–Crippen LogP) is 4.93. The van der Waals surface area contributed by atoms with Crippen molar-refractivity contribution in [1.29, 1.82) is 0 Å². The summed E-state index contributed by atoms with van der Waals surface area (Å²) in [5.74, 6) is 2.76. The van der Waals surface area contributed by atoms with Crippen molar-refractivity contribution in [3.63, 3.8) is 0 Å². The molecule has 0 heterocycles. The summed E-state index contributed by atoms with van der Waals surface area (Å²) in [5, 5.41) is 0.800. The van der Waals surface area contributed by atoms with Crippen molar-refractivity contribution in [2.45, 2.75) is 38.1 Å². The highest BCUT2D eigenvalue weighted by molar-refractivity contribution is 9.10. The Morgan fingerprint density at radius 1 is 1.33 bits per heavy atom. The van der Waals surface area contributed by atoms with Crippen molar-refractivity contribution >= 4 is 27.5 Å². The molecule has 2 bridgehead atoms. The highest BCUT2D eigenvalue weighted by Gasteiger charge is 2.39. The quantitative estimate of drug-likeness (QED) is 0.836. The highest BCUT2D eigenvalue weighted by atomic mass is 79.9. The van der Waals surface area contributed by atoms with Gasteiger partial charge < -0.3 is 5.73 Å². The maximum absolute atomic E-state index is 6.37. The van der Waals surface area contributed by atoms with E-state index in [1.54, 1.807) is 0 Å². The Hall–Kier alpha value is -0.0500. The van der Waals surface area contributed by atoms with E-state index in [4.69, 9.17) is 17.3 Å². The minimum atomic E-state index is 0.0827. The fourth-order valence-electron chi connectivity index (χ4n) is 3.92. The lowest BCUT2D eigenvalue weighted by atomic mass is 9.83. The molecule has 0 spiro atoms. The molecule has 2 aliphatic rings. The summed E-state index contributed by atoms with van der Waals surface area (Å²) in [4.78, 5) is 0. The molecule has 3 rings (SSSR count). The van der Waals surface area contributed by atoms with Gasteiger partial charge in [-0.15, -0.1) is 0 Å². The van der Waals surface area contributed by atoms with Gasteiger partial charge in [-0.05, 0) is 67.2 Å². The number of nitrogens with two attached hydrogens (primary N) is 1. The summed E-state index contributed by atoms with van der Waals surface area (Å²) in [7, 11) is 0. The molecule has 2 saturated carbocycles. The van der Waals surface area contributed by atoms with Crippen molar-refractivity contribution in [1.82, 2.24) is 0 Å². The molecule has 0 radical (unpaired) electrons. The van der Waals surface area contributed by atoms with Crippen LogP contribution in [0.15, 0.2) is 22.7 Å². The largest absolute Gasteiger partial charge is 0.324 e. The van der Waals surface area contributed by atoms with Gasteiger partial charge in [0.15, 0.2) is 0 Å². The third-order valence-corrected chi connectivity index (χ3v) is 5.64. The second-order valence-corrected chi connectivity index (χ2v) is 7.27. The molecule has 2 aliphatic carbocycles. The molecule has 0 aliphatic heterocycles. The summed E-state index contributed by atoms with van der Waals surface area (Å²) in [5.41, 5.74) is 7.46. The zero-order valence-corrected chi connectivity index (χ0v) is 12.8. The molecule has 1 aromatic rings. The first kappa shape index (κ1) is 13.0. The average molecular weight is 329 g/mol. The van der Waals surface area contributed by atoms with Gasteiger partial charge in [0.05, 0.1) is 0 Å². The standard InChI is InChI=1S/C15H19BrClN/c16-12-3-4-14(17)13(8-12)15(18)7-11-6-9-1-2-10(11)5-9/h3-4,8-11,15H,1-2,5-7,18H2. The maximum atomic E-state index is 6.37. The second kappa shape index (κ2) is 5.15. The number of fused-ring (bicyclic) bond motifs is 2. The fourth-order valence-corrected chi connectivity index (χ4v) is 4.55. The first-order valence-corrected chi connectivity index (χ1v) is 8.01. The minimum absolute atomic E-state index is 0.0827. The highest BCUT2D eigenvalue weighted by Crippen LogP contribution is 2.50. The maximum Gasteiger partial charge on any atom is 0.0454 e. The van der Waals surface area contributed by atoms with Crippen molar-refractivity contribution in [3.8, 4) is 0 Å². The van der Waals surface area contributed by atoms with Gasteiger partial charge in [0.1, 0.15) is 0 Å². The molecule has 1 aromatic carbocycles. The number of hydrogen-bond acceptors (Lipinski definition) is 1. The van der Waals surface area contributed by atoms with E-state index < -0.39 is 0 Å². The van der Waals surface area contributed by atoms with Crippen LogP contribution in [0.3, 0.4) is 0 Å². The van der Waals surface area contributed by atoms with E-state index in [0.29, 0.717) is 0 Å². The number of hydrogen-bond donors (Lipinski definition) is 1. The van der Waals surface area contributed by atoms with Gasteiger partial charge in [0.25, 0.3) is 0 Å². The molecule has 4 atom stereocenters. The Morgan fingerprint density at radius 3 is 2.83 bits per heavy atom. The minimum Gasteiger partial charge on any atom is -0.324 e. The molecule has 2 N–H and O–H groups in total. The lowest BCUT2D eigenvalue weighted by Gasteiger charge is -2.25. The van der Waals surface area contributed by atoms with Crippen LogP contribution in [-0.4, -0.2) is 0 Å². The van der Waals surface area contributed by atoms with Crippen LogP contribution in [0.1, 0.15) is 43.7 Å². The zero-order valence-electron chi connectivity index (χ0n) is 10.4. The number of rotatable bonds is 3. The van der Waals surface area contributed by atoms with Gasteiger partial charge >= 0.3 is 0 Å². The summed E-state index contributed by atoms with van der Waals surface area (Å²) in [6.07, 6.45) is 6.81. The predicted molar refractivity (Wildman–Crippen MR) is 79.6 cm³/mol. The Bertz CT molecular complexity index is 448. The molecule has 1 nitrogen and oxygen atoms in total. The third-order valence-electron chi connectivity index (χ3n) is 4.80. The van der Waals surface area contributed by atoms with Crippen LogP contribution >= 0.6 is 27.5 Å². The Labute approximate surface area is 122 Å². The van der Waals surface area contributed by atoms with Crippen LogP contribution in [0, 0.1) is 17.8 Å². The van der Waals surface area contributed by atoms with Crippen LogP contribution in [0.2, 0.25) is 5.02 Å². The van der Waals surface area contributed by atoms with Gasteiger partial charge in [-0.1, -0.05) is 34.0 Å². The smallest absolute Gasteiger partial charge is 0.0454 e. The van der Waals surface area contributed by atoms with E-state index in [-0.39, 0.29) is 6.04 Å². The van der Waals surface area contributed by atoms with E-state index in [1.807, 2.05) is 12.1 Å². The van der Waals surface area contributed by atoms with E-state index in [1.165, 1.54) is 25.7 Å². The summed E-state index contributed by atoms with van der Waals surface area (Å²) < 4.78 is 1.06. The van der Waals surface area contributed by atoms with Gasteiger partial charge in [-0.2, -0.15) is 0 Å². The van der Waals surface area contributed by atoms with E-state index >= 15 is 0 Å². The van der Waals surface area contributed by atoms with Crippen LogP contribution in [-0.2, 0) is 0 Å². The monoisotopic (exact) mass is 327 g/mol. The topological polar surface area (TPSA) is 26.0 Å². The molecular weight excluding hydrogens is 310 g/mol. The third kappa shape index (κ3) is 2.48. The first-order valence-electron chi connectivity index (χ1n) is 6.84. The van der Waals surface area contributed by atoms with Crippen molar-refractivity contribution in [2.24, 2.45) is 23.5 Å². The number of benzene rings is 1. The Balaban J connectivity index is 1.71. The Kier molecular flexibility index (Phi) is 3.70. The van der Waals surface area contributed by atoms with E-state index in [0.717, 1.165) is 39.2 Å². The molecule has 0 saturated heterocycles. The molecule has 98 valence electrons. The number of halogens is 2. The lowest BCUT2D eigenvalue weighted by Crippen LogP contribution is -2.19. The molecule has 18 heavy (non-hydrogen) atoms. The second-order valence-electron chi connectivity index (χ2n) is 5.94. The molecular formula is C15H19BrClN. The van der Waals surface area contributed by atoms with Gasteiger partial charge in [-0.3, -0.25) is 0 Å². The molecule has 4 unspecified atom stereocenters. The van der Waals surface area contributed by atoms with Gasteiger partial charge in [0, 0.05) is 15.5 Å². The van der Waals surface area contributed by atoms with Crippen LogP contribution < -0.4 is 5.73 Å². The fraction of sp³-hybridized carbons (Fsp3) is 0.600. The van der Waals surface area contributed by atoms with Crippen LogP contribution in [0.4, 0.5) is 0 Å². The molecule has 2 fully saturated rings. The van der Waals surface area contributed by atoms with Crippen molar-refractivity contribution in [2.75, 3.05) is 0 Å². The van der Waals surface area contributed by atoms with Crippen LogP contribution in [0.25, 0.3) is 0 Å². The van der Waals surface area contributed by atoms with Gasteiger partial charge in [-0.25, -0.2) is 0 Å².